The topological polar surface area (TPSA) is 27.7 Å². The fourth-order valence-corrected chi connectivity index (χ4v) is 3.14. The van der Waals surface area contributed by atoms with E-state index in [4.69, 9.17) is 14.5 Å². The Morgan fingerprint density at radius 3 is 2.04 bits per heavy atom. The van der Waals surface area contributed by atoms with E-state index in [1.807, 2.05) is 42.5 Å². The van der Waals surface area contributed by atoms with Crippen molar-refractivity contribution in [2.75, 3.05) is 0 Å². The van der Waals surface area contributed by atoms with Crippen LogP contribution in [0.25, 0.3) is 5.57 Å². The predicted molar refractivity (Wildman–Crippen MR) is 104 cm³/mol. The van der Waals surface area contributed by atoms with Crippen molar-refractivity contribution in [3.05, 3.63) is 77.9 Å². The molecule has 2 aromatic rings. The standard InChI is InChI=1S/C23H28O3/c1-2-3-4-5-12-17-22-24-23(26-25-22)18-21(19-13-8-6-9-14-19)20-15-10-7-11-16-20/h6-11,13-16,18,22-23H,2-5,12,17H2,1H3. The lowest BCUT2D eigenvalue weighted by atomic mass is 9.97. The van der Waals surface area contributed by atoms with Crippen LogP contribution in [0.1, 0.15) is 56.6 Å². The van der Waals surface area contributed by atoms with Gasteiger partial charge in [-0.2, -0.15) is 4.89 Å². The molecule has 1 heterocycles. The highest BCUT2D eigenvalue weighted by molar-refractivity contribution is 5.79. The second-order valence-corrected chi connectivity index (χ2v) is 6.64. The Morgan fingerprint density at radius 1 is 0.808 bits per heavy atom. The minimum absolute atomic E-state index is 0.273. The van der Waals surface area contributed by atoms with Crippen LogP contribution < -0.4 is 0 Å². The number of ether oxygens (including phenoxy) is 1. The summed E-state index contributed by atoms with van der Waals surface area (Å²) in [6.45, 7) is 2.23. The molecule has 2 atom stereocenters. The van der Waals surface area contributed by atoms with Gasteiger partial charge in [0.2, 0.25) is 6.29 Å². The van der Waals surface area contributed by atoms with E-state index < -0.39 is 6.29 Å². The van der Waals surface area contributed by atoms with Gasteiger partial charge in [-0.15, -0.1) is 0 Å². The van der Waals surface area contributed by atoms with Gasteiger partial charge in [-0.1, -0.05) is 93.3 Å². The highest BCUT2D eigenvalue weighted by Crippen LogP contribution is 2.27. The molecule has 0 saturated carbocycles. The van der Waals surface area contributed by atoms with Crippen LogP contribution in [0.5, 0.6) is 0 Å². The Balaban J connectivity index is 1.64. The van der Waals surface area contributed by atoms with Crippen molar-refractivity contribution < 1.29 is 14.5 Å². The molecule has 2 unspecified atom stereocenters. The fourth-order valence-electron chi connectivity index (χ4n) is 3.14. The van der Waals surface area contributed by atoms with Gasteiger partial charge in [0.25, 0.3) is 0 Å². The van der Waals surface area contributed by atoms with Gasteiger partial charge in [0.15, 0.2) is 6.29 Å². The summed E-state index contributed by atoms with van der Waals surface area (Å²) in [6.07, 6.45) is 8.28. The van der Waals surface area contributed by atoms with Crippen LogP contribution in [0.15, 0.2) is 66.7 Å². The molecule has 0 aromatic heterocycles. The molecule has 1 saturated heterocycles. The Morgan fingerprint density at radius 2 is 1.42 bits per heavy atom. The third-order valence-corrected chi connectivity index (χ3v) is 4.56. The molecular formula is C23H28O3. The third-order valence-electron chi connectivity index (χ3n) is 4.56. The average molecular weight is 352 g/mol. The molecular weight excluding hydrogens is 324 g/mol. The van der Waals surface area contributed by atoms with E-state index in [0.29, 0.717) is 0 Å². The highest BCUT2D eigenvalue weighted by Gasteiger charge is 2.26. The van der Waals surface area contributed by atoms with Crippen molar-refractivity contribution in [3.63, 3.8) is 0 Å². The lowest BCUT2D eigenvalue weighted by Gasteiger charge is -2.11. The van der Waals surface area contributed by atoms with Gasteiger partial charge in [-0.25, -0.2) is 4.89 Å². The normalized spacial score (nSPS) is 19.4. The Labute approximate surface area is 156 Å². The molecule has 3 nitrogen and oxygen atoms in total. The molecule has 0 spiro atoms. The average Bonchev–Trinajstić information content (AvgIpc) is 3.15. The summed E-state index contributed by atoms with van der Waals surface area (Å²) in [5.41, 5.74) is 3.35. The molecule has 3 heteroatoms. The first-order chi connectivity index (χ1) is 12.9. The lowest BCUT2D eigenvalue weighted by Crippen LogP contribution is -2.10. The molecule has 0 bridgehead atoms. The maximum atomic E-state index is 5.92. The van der Waals surface area contributed by atoms with Crippen LogP contribution in [0.4, 0.5) is 0 Å². The van der Waals surface area contributed by atoms with Crippen molar-refractivity contribution in [1.82, 2.24) is 0 Å². The van der Waals surface area contributed by atoms with Crippen LogP contribution in [0, 0.1) is 0 Å². The molecule has 26 heavy (non-hydrogen) atoms. The summed E-state index contributed by atoms with van der Waals surface area (Å²) in [4.78, 5) is 10.8. The molecule has 1 aliphatic rings. The van der Waals surface area contributed by atoms with Crippen molar-refractivity contribution in [2.24, 2.45) is 0 Å². The maximum Gasteiger partial charge on any atom is 0.214 e. The molecule has 1 aliphatic heterocycles. The summed E-state index contributed by atoms with van der Waals surface area (Å²) in [6, 6.07) is 20.6. The first-order valence-corrected chi connectivity index (χ1v) is 9.67. The second kappa shape index (κ2) is 10.3. The van der Waals surface area contributed by atoms with E-state index in [-0.39, 0.29) is 6.29 Å². The molecule has 138 valence electrons. The largest absolute Gasteiger partial charge is 0.314 e. The van der Waals surface area contributed by atoms with Crippen molar-refractivity contribution in [1.29, 1.82) is 0 Å². The zero-order chi connectivity index (χ0) is 18.0. The first kappa shape index (κ1) is 18.8. The molecule has 2 aromatic carbocycles. The van der Waals surface area contributed by atoms with Crippen LogP contribution >= 0.6 is 0 Å². The van der Waals surface area contributed by atoms with Gasteiger partial charge in [-0.3, -0.25) is 0 Å². The summed E-state index contributed by atoms with van der Waals surface area (Å²) >= 11 is 0. The minimum atomic E-state index is -0.481. The van der Waals surface area contributed by atoms with Crippen LogP contribution in [-0.4, -0.2) is 12.6 Å². The monoisotopic (exact) mass is 352 g/mol. The first-order valence-electron chi connectivity index (χ1n) is 9.67. The van der Waals surface area contributed by atoms with E-state index in [1.54, 1.807) is 0 Å². The van der Waals surface area contributed by atoms with Crippen molar-refractivity contribution in [2.45, 2.75) is 58.0 Å². The Kier molecular flexibility index (Phi) is 7.44. The summed E-state index contributed by atoms with van der Waals surface area (Å²) in [5.74, 6) is 0. The van der Waals surface area contributed by atoms with Crippen LogP contribution in [0.3, 0.4) is 0 Å². The minimum Gasteiger partial charge on any atom is -0.314 e. The zero-order valence-electron chi connectivity index (χ0n) is 15.5. The van der Waals surface area contributed by atoms with Gasteiger partial charge in [0.1, 0.15) is 0 Å². The lowest BCUT2D eigenvalue weighted by molar-refractivity contribution is -0.289. The molecule has 3 rings (SSSR count). The van der Waals surface area contributed by atoms with Crippen molar-refractivity contribution >= 4 is 5.57 Å². The predicted octanol–water partition coefficient (Wildman–Crippen LogP) is 6.11. The van der Waals surface area contributed by atoms with Crippen LogP contribution in [0.2, 0.25) is 0 Å². The number of unbranched alkanes of at least 4 members (excludes halogenated alkanes) is 4. The summed E-state index contributed by atoms with van der Waals surface area (Å²) < 4.78 is 5.92. The SMILES string of the molecule is CCCCCCCC1OOC(C=C(c2ccccc2)c2ccccc2)O1. The fraction of sp³-hybridized carbons (Fsp3) is 0.391. The molecule has 0 N–H and O–H groups in total. The van der Waals surface area contributed by atoms with E-state index in [1.165, 1.54) is 25.7 Å². The van der Waals surface area contributed by atoms with E-state index in [9.17, 15) is 0 Å². The van der Waals surface area contributed by atoms with Gasteiger partial charge in [-0.05, 0) is 29.2 Å². The summed E-state index contributed by atoms with van der Waals surface area (Å²) in [7, 11) is 0. The van der Waals surface area contributed by atoms with E-state index >= 15 is 0 Å². The molecule has 0 radical (unpaired) electrons. The van der Waals surface area contributed by atoms with Gasteiger partial charge in [0.05, 0.1) is 0 Å². The summed E-state index contributed by atoms with van der Waals surface area (Å²) in [5, 5.41) is 0. The Hall–Kier alpha value is -1.94. The highest BCUT2D eigenvalue weighted by atomic mass is 17.3. The maximum absolute atomic E-state index is 5.92. The number of benzene rings is 2. The van der Waals surface area contributed by atoms with Crippen molar-refractivity contribution in [3.8, 4) is 0 Å². The van der Waals surface area contributed by atoms with E-state index in [2.05, 4.69) is 31.2 Å². The van der Waals surface area contributed by atoms with Gasteiger partial charge < -0.3 is 4.74 Å². The number of hydrogen-bond donors (Lipinski definition) is 0. The van der Waals surface area contributed by atoms with Gasteiger partial charge in [0, 0.05) is 6.42 Å². The van der Waals surface area contributed by atoms with E-state index in [0.717, 1.165) is 29.5 Å². The molecule has 1 fully saturated rings. The zero-order valence-corrected chi connectivity index (χ0v) is 15.5. The Bertz CT molecular complexity index is 625. The third kappa shape index (κ3) is 5.53. The second-order valence-electron chi connectivity index (χ2n) is 6.64. The van der Waals surface area contributed by atoms with Gasteiger partial charge >= 0.3 is 0 Å². The molecule has 0 aliphatic carbocycles. The quantitative estimate of drug-likeness (QED) is 0.402. The smallest absolute Gasteiger partial charge is 0.214 e. The molecule has 0 amide bonds. The number of rotatable bonds is 9. The van der Waals surface area contributed by atoms with Crippen LogP contribution in [-0.2, 0) is 14.5 Å². The number of hydrogen-bond acceptors (Lipinski definition) is 3.